The average Bonchev–Trinajstić information content (AvgIpc) is 3.05. The van der Waals surface area contributed by atoms with Gasteiger partial charge >= 0.3 is 5.97 Å². The smallest absolute Gasteiger partial charge is 0.305 e. The lowest BCUT2D eigenvalue weighted by Gasteiger charge is -2.43. The fourth-order valence-corrected chi connectivity index (χ4v) is 4.69. The summed E-state index contributed by atoms with van der Waals surface area (Å²) in [7, 11) is 0. The second kappa shape index (κ2) is 11.7. The van der Waals surface area contributed by atoms with Crippen LogP contribution in [-0.4, -0.2) is 75.7 Å². The van der Waals surface area contributed by atoms with Gasteiger partial charge in [-0.2, -0.15) is 0 Å². The van der Waals surface area contributed by atoms with Gasteiger partial charge in [0.2, 0.25) is 11.8 Å². The van der Waals surface area contributed by atoms with E-state index in [-0.39, 0.29) is 31.7 Å². The Bertz CT molecular complexity index is 1230. The van der Waals surface area contributed by atoms with Gasteiger partial charge in [-0.1, -0.05) is 42.5 Å². The summed E-state index contributed by atoms with van der Waals surface area (Å²) in [5.41, 5.74) is 2.25. The summed E-state index contributed by atoms with van der Waals surface area (Å²) in [5, 5.41) is 16.3. The highest BCUT2D eigenvalue weighted by Crippen LogP contribution is 2.25. The molecule has 2 aliphatic heterocycles. The van der Waals surface area contributed by atoms with Crippen LogP contribution < -0.4 is 10.6 Å². The van der Waals surface area contributed by atoms with Gasteiger partial charge in [0.25, 0.3) is 11.8 Å². The maximum Gasteiger partial charge on any atom is 0.305 e. The lowest BCUT2D eigenvalue weighted by Crippen LogP contribution is -2.64. The minimum Gasteiger partial charge on any atom is -0.481 e. The minimum atomic E-state index is -1.28. The third-order valence-electron chi connectivity index (χ3n) is 6.61. The van der Waals surface area contributed by atoms with Gasteiger partial charge in [-0.15, -0.1) is 0 Å². The van der Waals surface area contributed by atoms with Crippen molar-refractivity contribution in [1.82, 2.24) is 20.7 Å². The SMILES string of the molecule is O=C[C@H](CC(=O)O)NC(=O)[C@@H]1CCCN2C(=O)CC[C@H](NC(=O)c3ccc(-c4ccccc4)cc3)C(=O)N12. The molecule has 2 aromatic carbocycles. The van der Waals surface area contributed by atoms with Crippen LogP contribution in [0.15, 0.2) is 54.6 Å². The molecule has 2 heterocycles. The molecule has 0 saturated carbocycles. The van der Waals surface area contributed by atoms with E-state index in [9.17, 15) is 28.8 Å². The second-order valence-electron chi connectivity index (χ2n) is 9.21. The first kappa shape index (κ1) is 26.5. The van der Waals surface area contributed by atoms with Crippen molar-refractivity contribution in [2.45, 2.75) is 50.2 Å². The molecule has 2 aliphatic rings. The quantitative estimate of drug-likeness (QED) is 0.441. The Morgan fingerprint density at radius 1 is 1.00 bits per heavy atom. The van der Waals surface area contributed by atoms with Crippen LogP contribution in [0.5, 0.6) is 0 Å². The van der Waals surface area contributed by atoms with Crippen LogP contribution in [0, 0.1) is 0 Å². The van der Waals surface area contributed by atoms with Gasteiger partial charge in [-0.3, -0.25) is 29.0 Å². The molecule has 2 saturated heterocycles. The lowest BCUT2D eigenvalue weighted by molar-refractivity contribution is -0.176. The molecule has 4 amide bonds. The van der Waals surface area contributed by atoms with Gasteiger partial charge in [-0.25, -0.2) is 5.01 Å². The molecule has 0 bridgehead atoms. The monoisotopic (exact) mass is 520 g/mol. The Morgan fingerprint density at radius 3 is 2.34 bits per heavy atom. The molecular weight excluding hydrogens is 492 g/mol. The van der Waals surface area contributed by atoms with E-state index in [0.29, 0.717) is 18.3 Å². The zero-order valence-electron chi connectivity index (χ0n) is 20.5. The third-order valence-corrected chi connectivity index (χ3v) is 6.61. The van der Waals surface area contributed by atoms with Gasteiger partial charge in [-0.05, 0) is 42.5 Å². The van der Waals surface area contributed by atoms with E-state index in [1.54, 1.807) is 24.3 Å². The van der Waals surface area contributed by atoms with Gasteiger partial charge in [0.05, 0.1) is 12.5 Å². The molecule has 0 aliphatic carbocycles. The first-order valence-corrected chi connectivity index (χ1v) is 12.4. The number of amides is 4. The fourth-order valence-electron chi connectivity index (χ4n) is 4.69. The largest absolute Gasteiger partial charge is 0.481 e. The van der Waals surface area contributed by atoms with Crippen molar-refractivity contribution in [2.75, 3.05) is 6.54 Å². The summed E-state index contributed by atoms with van der Waals surface area (Å²) in [4.78, 5) is 74.6. The summed E-state index contributed by atoms with van der Waals surface area (Å²) in [6.07, 6.45) is 0.395. The van der Waals surface area contributed by atoms with Gasteiger partial charge in [0, 0.05) is 18.5 Å². The number of aliphatic carboxylic acids is 1. The third kappa shape index (κ3) is 5.88. The first-order chi connectivity index (χ1) is 18.3. The molecule has 2 aromatic rings. The number of carboxylic acid groups (broad SMARTS) is 1. The van der Waals surface area contributed by atoms with Crippen molar-refractivity contribution >= 4 is 35.9 Å². The number of hydrazine groups is 1. The van der Waals surface area contributed by atoms with Crippen molar-refractivity contribution in [2.24, 2.45) is 0 Å². The molecule has 3 atom stereocenters. The molecule has 0 aromatic heterocycles. The minimum absolute atomic E-state index is 0.00948. The molecule has 0 unspecified atom stereocenters. The number of hydrogen-bond donors (Lipinski definition) is 3. The number of carboxylic acids is 1. The van der Waals surface area contributed by atoms with Gasteiger partial charge in [0.15, 0.2) is 0 Å². The zero-order valence-corrected chi connectivity index (χ0v) is 20.5. The Balaban J connectivity index is 1.50. The molecular formula is C27H28N4O7. The fraction of sp³-hybridized carbons (Fsp3) is 0.333. The van der Waals surface area contributed by atoms with Crippen LogP contribution in [0.1, 0.15) is 42.5 Å². The van der Waals surface area contributed by atoms with Crippen LogP contribution in [0.25, 0.3) is 11.1 Å². The van der Waals surface area contributed by atoms with E-state index in [4.69, 9.17) is 5.11 Å². The number of carbonyl (C=O) groups is 6. The predicted octanol–water partition coefficient (Wildman–Crippen LogP) is 1.14. The van der Waals surface area contributed by atoms with E-state index in [0.717, 1.165) is 16.1 Å². The maximum absolute atomic E-state index is 13.6. The van der Waals surface area contributed by atoms with E-state index < -0.39 is 48.2 Å². The van der Waals surface area contributed by atoms with Crippen molar-refractivity contribution < 1.29 is 33.9 Å². The lowest BCUT2D eigenvalue weighted by atomic mass is 10.0. The Labute approximate surface area is 218 Å². The number of benzene rings is 2. The maximum atomic E-state index is 13.6. The van der Waals surface area contributed by atoms with Gasteiger partial charge < -0.3 is 20.5 Å². The van der Waals surface area contributed by atoms with E-state index >= 15 is 0 Å². The highest BCUT2D eigenvalue weighted by atomic mass is 16.4. The van der Waals surface area contributed by atoms with E-state index in [1.165, 1.54) is 5.01 Å². The molecule has 4 rings (SSSR count). The summed E-state index contributed by atoms with van der Waals surface area (Å²) < 4.78 is 0. The van der Waals surface area contributed by atoms with Crippen LogP contribution in [-0.2, 0) is 24.0 Å². The number of nitrogens with zero attached hydrogens (tertiary/aromatic N) is 2. The molecule has 11 heteroatoms. The summed E-state index contributed by atoms with van der Waals surface area (Å²) in [6.45, 7) is 0.224. The number of rotatable bonds is 8. The molecule has 0 radical (unpaired) electrons. The van der Waals surface area contributed by atoms with Crippen LogP contribution in [0.2, 0.25) is 0 Å². The predicted molar refractivity (Wildman–Crippen MR) is 134 cm³/mol. The Morgan fingerprint density at radius 2 is 1.68 bits per heavy atom. The van der Waals surface area contributed by atoms with Crippen molar-refractivity contribution in [3.05, 3.63) is 60.2 Å². The Kier molecular flexibility index (Phi) is 8.15. The van der Waals surface area contributed by atoms with Crippen molar-refractivity contribution in [3.8, 4) is 11.1 Å². The molecule has 0 spiro atoms. The second-order valence-corrected chi connectivity index (χ2v) is 9.21. The topological polar surface area (TPSA) is 153 Å². The van der Waals surface area contributed by atoms with Crippen LogP contribution >= 0.6 is 0 Å². The number of hydrogen-bond acceptors (Lipinski definition) is 6. The number of carbonyl (C=O) groups excluding carboxylic acids is 5. The highest BCUT2D eigenvalue weighted by molar-refractivity contribution is 6.00. The number of nitrogens with one attached hydrogen (secondary N) is 2. The number of fused-ring (bicyclic) bond motifs is 1. The first-order valence-electron chi connectivity index (χ1n) is 12.4. The highest BCUT2D eigenvalue weighted by Gasteiger charge is 2.45. The molecule has 2 fully saturated rings. The molecule has 198 valence electrons. The normalized spacial score (nSPS) is 20.1. The average molecular weight is 521 g/mol. The molecule has 11 nitrogen and oxygen atoms in total. The molecule has 38 heavy (non-hydrogen) atoms. The molecule has 3 N–H and O–H groups in total. The van der Waals surface area contributed by atoms with Crippen molar-refractivity contribution in [1.29, 1.82) is 0 Å². The van der Waals surface area contributed by atoms with Crippen molar-refractivity contribution in [3.63, 3.8) is 0 Å². The summed E-state index contributed by atoms with van der Waals surface area (Å²) >= 11 is 0. The zero-order chi connectivity index (χ0) is 27.2. The standard InChI is InChI=1S/C27H28N4O7/c32-16-20(15-24(34)35)28-26(37)22-7-4-14-30-23(33)13-12-21(27(38)31(22)30)29-25(36)19-10-8-18(9-11-19)17-5-2-1-3-6-17/h1-3,5-6,8-11,16,20-22H,4,7,12-15H2,(H,28,37)(H,29,36)(H,34,35)/t20-,21-,22-/m0/s1. The number of aldehydes is 1. The summed E-state index contributed by atoms with van der Waals surface area (Å²) in [6, 6.07) is 13.1. The van der Waals surface area contributed by atoms with E-state index in [1.807, 2.05) is 30.3 Å². The van der Waals surface area contributed by atoms with E-state index in [2.05, 4.69) is 10.6 Å². The summed E-state index contributed by atoms with van der Waals surface area (Å²) in [5.74, 6) is -3.49. The van der Waals surface area contributed by atoms with Gasteiger partial charge in [0.1, 0.15) is 18.4 Å². The van der Waals surface area contributed by atoms with Crippen LogP contribution in [0.3, 0.4) is 0 Å². The van der Waals surface area contributed by atoms with Crippen LogP contribution in [0.4, 0.5) is 0 Å². The Hall–Kier alpha value is -4.54.